The first kappa shape index (κ1) is 17.8. The SMILES string of the molecule is COc1ccc(Cn2ccc(NC(=O)N3CCCC(C(=O)O)C3)n2)cc1. The molecule has 2 aromatic rings. The molecule has 1 aromatic carbocycles. The number of carboxylic acids is 1. The number of carbonyl (C=O) groups is 2. The number of likely N-dealkylation sites (tertiary alicyclic amines) is 1. The molecule has 1 fully saturated rings. The Labute approximate surface area is 151 Å². The van der Waals surface area contributed by atoms with E-state index in [9.17, 15) is 9.59 Å². The Balaban J connectivity index is 1.57. The van der Waals surface area contributed by atoms with Crippen LogP contribution < -0.4 is 10.1 Å². The number of rotatable bonds is 5. The molecule has 2 amide bonds. The molecule has 1 saturated heterocycles. The average Bonchev–Trinajstić information content (AvgIpc) is 3.09. The van der Waals surface area contributed by atoms with Crippen molar-refractivity contribution >= 4 is 17.8 Å². The monoisotopic (exact) mass is 358 g/mol. The van der Waals surface area contributed by atoms with Gasteiger partial charge in [0.2, 0.25) is 0 Å². The second kappa shape index (κ2) is 7.90. The molecule has 2 heterocycles. The highest BCUT2D eigenvalue weighted by molar-refractivity contribution is 5.88. The maximum Gasteiger partial charge on any atom is 0.323 e. The van der Waals surface area contributed by atoms with Crippen LogP contribution in [0.2, 0.25) is 0 Å². The summed E-state index contributed by atoms with van der Waals surface area (Å²) in [4.78, 5) is 25.0. The Morgan fingerprint density at radius 3 is 2.77 bits per heavy atom. The Kier molecular flexibility index (Phi) is 5.40. The van der Waals surface area contributed by atoms with Crippen LogP contribution in [0.25, 0.3) is 0 Å². The molecule has 1 aliphatic heterocycles. The lowest BCUT2D eigenvalue weighted by atomic mass is 9.99. The summed E-state index contributed by atoms with van der Waals surface area (Å²) in [7, 11) is 1.62. The average molecular weight is 358 g/mol. The van der Waals surface area contributed by atoms with Gasteiger partial charge in [-0.15, -0.1) is 0 Å². The summed E-state index contributed by atoms with van der Waals surface area (Å²) in [6.45, 7) is 1.36. The van der Waals surface area contributed by atoms with Crippen molar-refractivity contribution in [2.45, 2.75) is 19.4 Å². The first-order chi connectivity index (χ1) is 12.5. The molecule has 26 heavy (non-hydrogen) atoms. The standard InChI is InChI=1S/C18H22N4O4/c1-26-15-6-4-13(5-7-15)11-22-10-8-16(20-22)19-18(25)21-9-2-3-14(12-21)17(23)24/h4-8,10,14H,2-3,9,11-12H2,1H3,(H,23,24)(H,19,20,25). The van der Waals surface area contributed by atoms with E-state index in [-0.39, 0.29) is 12.6 Å². The van der Waals surface area contributed by atoms with Gasteiger partial charge in [-0.1, -0.05) is 12.1 Å². The molecular formula is C18H22N4O4. The first-order valence-electron chi connectivity index (χ1n) is 8.50. The first-order valence-corrected chi connectivity index (χ1v) is 8.50. The van der Waals surface area contributed by atoms with E-state index in [0.717, 1.165) is 11.3 Å². The minimum atomic E-state index is -0.855. The van der Waals surface area contributed by atoms with Gasteiger partial charge in [-0.05, 0) is 30.5 Å². The smallest absolute Gasteiger partial charge is 0.323 e. The van der Waals surface area contributed by atoms with Gasteiger partial charge in [0.25, 0.3) is 0 Å². The highest BCUT2D eigenvalue weighted by Gasteiger charge is 2.28. The normalized spacial score (nSPS) is 17.0. The van der Waals surface area contributed by atoms with Gasteiger partial charge in [-0.3, -0.25) is 14.8 Å². The summed E-state index contributed by atoms with van der Waals surface area (Å²) in [5, 5.41) is 16.2. The number of urea groups is 1. The number of nitrogens with one attached hydrogen (secondary N) is 1. The van der Waals surface area contributed by atoms with E-state index in [2.05, 4.69) is 10.4 Å². The number of carbonyl (C=O) groups excluding carboxylic acids is 1. The van der Waals surface area contributed by atoms with Crippen molar-refractivity contribution in [3.05, 3.63) is 42.1 Å². The number of amides is 2. The molecular weight excluding hydrogens is 336 g/mol. The number of aliphatic carboxylic acids is 1. The second-order valence-electron chi connectivity index (χ2n) is 6.30. The van der Waals surface area contributed by atoms with Crippen LogP contribution in [0.5, 0.6) is 5.75 Å². The number of aromatic nitrogens is 2. The van der Waals surface area contributed by atoms with E-state index in [1.54, 1.807) is 24.1 Å². The van der Waals surface area contributed by atoms with Crippen LogP contribution in [0, 0.1) is 5.92 Å². The van der Waals surface area contributed by atoms with E-state index in [4.69, 9.17) is 9.84 Å². The van der Waals surface area contributed by atoms with Gasteiger partial charge in [0.1, 0.15) is 5.75 Å². The van der Waals surface area contributed by atoms with Crippen molar-refractivity contribution in [1.29, 1.82) is 0 Å². The molecule has 1 aromatic heterocycles. The Morgan fingerprint density at radius 2 is 2.08 bits per heavy atom. The largest absolute Gasteiger partial charge is 0.497 e. The van der Waals surface area contributed by atoms with Gasteiger partial charge in [0.15, 0.2) is 5.82 Å². The highest BCUT2D eigenvalue weighted by atomic mass is 16.5. The summed E-state index contributed by atoms with van der Waals surface area (Å²) < 4.78 is 6.87. The predicted octanol–water partition coefficient (Wildman–Crippen LogP) is 2.27. The number of piperidine rings is 1. The molecule has 8 heteroatoms. The van der Waals surface area contributed by atoms with Gasteiger partial charge in [0.05, 0.1) is 19.6 Å². The Hall–Kier alpha value is -3.03. The minimum absolute atomic E-state index is 0.230. The third-order valence-electron chi connectivity index (χ3n) is 4.44. The molecule has 2 N–H and O–H groups in total. The van der Waals surface area contributed by atoms with Crippen LogP contribution in [-0.4, -0.2) is 52.0 Å². The van der Waals surface area contributed by atoms with Crippen LogP contribution in [0.4, 0.5) is 10.6 Å². The number of carboxylic acid groups (broad SMARTS) is 1. The topological polar surface area (TPSA) is 96.7 Å². The van der Waals surface area contributed by atoms with Crippen molar-refractivity contribution in [1.82, 2.24) is 14.7 Å². The lowest BCUT2D eigenvalue weighted by Crippen LogP contribution is -2.44. The molecule has 0 saturated carbocycles. The molecule has 138 valence electrons. The summed E-state index contributed by atoms with van der Waals surface area (Å²) >= 11 is 0. The van der Waals surface area contributed by atoms with E-state index in [1.165, 1.54) is 4.90 Å². The number of anilines is 1. The second-order valence-corrected chi connectivity index (χ2v) is 6.30. The van der Waals surface area contributed by atoms with Crippen LogP contribution in [-0.2, 0) is 11.3 Å². The predicted molar refractivity (Wildman–Crippen MR) is 95.3 cm³/mol. The third-order valence-corrected chi connectivity index (χ3v) is 4.44. The van der Waals surface area contributed by atoms with Gasteiger partial charge in [-0.2, -0.15) is 5.10 Å². The fourth-order valence-electron chi connectivity index (χ4n) is 2.99. The molecule has 1 atom stereocenters. The van der Waals surface area contributed by atoms with Crippen LogP contribution in [0.15, 0.2) is 36.5 Å². The van der Waals surface area contributed by atoms with E-state index >= 15 is 0 Å². The van der Waals surface area contributed by atoms with E-state index in [1.807, 2.05) is 24.3 Å². The molecule has 8 nitrogen and oxygen atoms in total. The van der Waals surface area contributed by atoms with Gasteiger partial charge in [-0.25, -0.2) is 4.79 Å². The van der Waals surface area contributed by atoms with Crippen LogP contribution in [0.3, 0.4) is 0 Å². The Morgan fingerprint density at radius 1 is 1.31 bits per heavy atom. The number of hydrogen-bond acceptors (Lipinski definition) is 4. The van der Waals surface area contributed by atoms with E-state index in [0.29, 0.717) is 31.7 Å². The fraction of sp³-hybridized carbons (Fsp3) is 0.389. The van der Waals surface area contributed by atoms with Crippen molar-refractivity contribution in [3.63, 3.8) is 0 Å². The van der Waals surface area contributed by atoms with Crippen molar-refractivity contribution < 1.29 is 19.4 Å². The maximum atomic E-state index is 12.3. The quantitative estimate of drug-likeness (QED) is 0.855. The van der Waals surface area contributed by atoms with Crippen molar-refractivity contribution in [2.75, 3.05) is 25.5 Å². The van der Waals surface area contributed by atoms with Gasteiger partial charge in [0, 0.05) is 25.4 Å². The number of benzene rings is 1. The minimum Gasteiger partial charge on any atom is -0.497 e. The van der Waals surface area contributed by atoms with E-state index < -0.39 is 11.9 Å². The zero-order valence-electron chi connectivity index (χ0n) is 14.6. The number of hydrogen-bond donors (Lipinski definition) is 2. The summed E-state index contributed by atoms with van der Waals surface area (Å²) in [5.41, 5.74) is 1.06. The van der Waals surface area contributed by atoms with Crippen molar-refractivity contribution in [3.8, 4) is 5.75 Å². The summed E-state index contributed by atoms with van der Waals surface area (Å²) in [6.07, 6.45) is 3.09. The third kappa shape index (κ3) is 4.33. The number of nitrogens with zero attached hydrogens (tertiary/aromatic N) is 3. The highest BCUT2D eigenvalue weighted by Crippen LogP contribution is 2.18. The number of ether oxygens (including phenoxy) is 1. The lowest BCUT2D eigenvalue weighted by Gasteiger charge is -2.30. The van der Waals surface area contributed by atoms with Crippen molar-refractivity contribution in [2.24, 2.45) is 5.92 Å². The molecule has 0 bridgehead atoms. The van der Waals surface area contributed by atoms with Gasteiger partial charge >= 0.3 is 12.0 Å². The van der Waals surface area contributed by atoms with Crippen LogP contribution in [0.1, 0.15) is 18.4 Å². The maximum absolute atomic E-state index is 12.3. The van der Waals surface area contributed by atoms with Gasteiger partial charge < -0.3 is 14.7 Å². The molecule has 3 rings (SSSR count). The molecule has 0 radical (unpaired) electrons. The zero-order valence-corrected chi connectivity index (χ0v) is 14.6. The lowest BCUT2D eigenvalue weighted by molar-refractivity contribution is -0.143. The Bertz CT molecular complexity index is 772. The summed E-state index contributed by atoms with van der Waals surface area (Å²) in [5.74, 6) is -0.113. The van der Waals surface area contributed by atoms with Crippen LogP contribution >= 0.6 is 0 Å². The molecule has 0 aliphatic carbocycles. The summed E-state index contributed by atoms with van der Waals surface area (Å²) in [6, 6.07) is 9.09. The fourth-order valence-corrected chi connectivity index (χ4v) is 2.99. The molecule has 1 aliphatic rings. The zero-order chi connectivity index (χ0) is 18.5. The molecule has 0 spiro atoms. The molecule has 1 unspecified atom stereocenters. The number of methoxy groups -OCH3 is 1.